The zero-order chi connectivity index (χ0) is 10.3. The van der Waals surface area contributed by atoms with Crippen LogP contribution in [-0.4, -0.2) is 13.0 Å². The maximum absolute atomic E-state index is 11.0. The van der Waals surface area contributed by atoms with Crippen molar-refractivity contribution in [2.75, 3.05) is 12.8 Å². The summed E-state index contributed by atoms with van der Waals surface area (Å²) in [7, 11) is 1.58. The lowest BCUT2D eigenvalue weighted by Crippen LogP contribution is -2.19. The van der Waals surface area contributed by atoms with Crippen LogP contribution in [0.25, 0.3) is 0 Å². The molecule has 3 heteroatoms. The van der Waals surface area contributed by atoms with Crippen LogP contribution in [0.4, 0.5) is 5.69 Å². The van der Waals surface area contributed by atoms with Gasteiger partial charge in [-0.2, -0.15) is 0 Å². The summed E-state index contributed by atoms with van der Waals surface area (Å²) in [6.07, 6.45) is 0. The molecule has 13 heavy (non-hydrogen) atoms. The summed E-state index contributed by atoms with van der Waals surface area (Å²) < 4.78 is 0. The number of hydrogen-bond donors (Lipinski definition) is 2. The first-order valence-electron chi connectivity index (χ1n) is 4.32. The van der Waals surface area contributed by atoms with Crippen molar-refractivity contribution in [1.82, 2.24) is 5.32 Å². The number of carbonyl (C=O) groups excluding carboxylic acids is 1. The standard InChI is InChI=1S/C8H10N2O.C2H6/c1-10-8(11)6-4-2-3-5-7(6)9;1-2/h2-5H,9H2,1H3,(H,10,11);1-2H3. The van der Waals surface area contributed by atoms with Crippen molar-refractivity contribution in [3.8, 4) is 0 Å². The van der Waals surface area contributed by atoms with Gasteiger partial charge in [0, 0.05) is 12.7 Å². The van der Waals surface area contributed by atoms with Gasteiger partial charge in [0.25, 0.3) is 5.91 Å². The molecule has 0 bridgehead atoms. The summed E-state index contributed by atoms with van der Waals surface area (Å²) in [4.78, 5) is 11.0. The van der Waals surface area contributed by atoms with E-state index in [1.807, 2.05) is 13.8 Å². The Morgan fingerprint density at radius 1 is 1.31 bits per heavy atom. The van der Waals surface area contributed by atoms with E-state index < -0.39 is 0 Å². The highest BCUT2D eigenvalue weighted by atomic mass is 16.1. The Balaban J connectivity index is 0.000000671. The SMILES string of the molecule is CC.CNC(=O)c1ccccc1N. The maximum atomic E-state index is 11.0. The molecule has 0 aliphatic carbocycles. The summed E-state index contributed by atoms with van der Waals surface area (Å²) in [6, 6.07) is 6.96. The van der Waals surface area contributed by atoms with Gasteiger partial charge in [0.05, 0.1) is 5.56 Å². The number of anilines is 1. The number of benzene rings is 1. The molecule has 3 N–H and O–H groups in total. The van der Waals surface area contributed by atoms with Gasteiger partial charge in [0.2, 0.25) is 0 Å². The highest BCUT2D eigenvalue weighted by Gasteiger charge is 2.04. The summed E-state index contributed by atoms with van der Waals surface area (Å²) in [6.45, 7) is 4.00. The summed E-state index contributed by atoms with van der Waals surface area (Å²) in [5.74, 6) is -0.150. The molecule has 0 aliphatic rings. The second-order valence-corrected chi connectivity index (χ2v) is 2.17. The van der Waals surface area contributed by atoms with Crippen LogP contribution >= 0.6 is 0 Å². The highest BCUT2D eigenvalue weighted by Crippen LogP contribution is 2.09. The number of hydrogen-bond acceptors (Lipinski definition) is 2. The number of rotatable bonds is 1. The zero-order valence-electron chi connectivity index (χ0n) is 8.29. The fourth-order valence-electron chi connectivity index (χ4n) is 0.838. The molecule has 1 aromatic rings. The smallest absolute Gasteiger partial charge is 0.253 e. The van der Waals surface area contributed by atoms with Gasteiger partial charge in [-0.15, -0.1) is 0 Å². The second kappa shape index (κ2) is 6.06. The number of nitrogen functional groups attached to an aromatic ring is 1. The predicted molar refractivity (Wildman–Crippen MR) is 55.6 cm³/mol. The van der Waals surface area contributed by atoms with Crippen LogP contribution in [0.5, 0.6) is 0 Å². The Morgan fingerprint density at radius 3 is 2.31 bits per heavy atom. The number of nitrogens with one attached hydrogen (secondary N) is 1. The molecule has 0 fully saturated rings. The predicted octanol–water partition coefficient (Wildman–Crippen LogP) is 1.65. The minimum Gasteiger partial charge on any atom is -0.398 e. The Labute approximate surface area is 78.9 Å². The molecule has 0 saturated carbocycles. The van der Waals surface area contributed by atoms with E-state index in [1.165, 1.54) is 0 Å². The van der Waals surface area contributed by atoms with Gasteiger partial charge >= 0.3 is 0 Å². The van der Waals surface area contributed by atoms with Crippen molar-refractivity contribution < 1.29 is 4.79 Å². The molecule has 1 amide bonds. The molecule has 0 radical (unpaired) electrons. The molecule has 1 aromatic carbocycles. The monoisotopic (exact) mass is 180 g/mol. The summed E-state index contributed by atoms with van der Waals surface area (Å²) in [5, 5.41) is 2.50. The number of para-hydroxylation sites is 1. The average molecular weight is 180 g/mol. The third-order valence-electron chi connectivity index (χ3n) is 1.43. The minimum absolute atomic E-state index is 0.150. The van der Waals surface area contributed by atoms with E-state index in [0.29, 0.717) is 11.3 Å². The van der Waals surface area contributed by atoms with Crippen molar-refractivity contribution in [2.45, 2.75) is 13.8 Å². The lowest BCUT2D eigenvalue weighted by atomic mass is 10.2. The van der Waals surface area contributed by atoms with E-state index in [2.05, 4.69) is 5.32 Å². The molecule has 0 spiro atoms. The van der Waals surface area contributed by atoms with E-state index in [4.69, 9.17) is 5.73 Å². The van der Waals surface area contributed by atoms with Crippen LogP contribution in [0.15, 0.2) is 24.3 Å². The first-order valence-corrected chi connectivity index (χ1v) is 4.32. The fraction of sp³-hybridized carbons (Fsp3) is 0.300. The van der Waals surface area contributed by atoms with Crippen molar-refractivity contribution in [1.29, 1.82) is 0 Å². The minimum atomic E-state index is -0.150. The van der Waals surface area contributed by atoms with Gasteiger partial charge < -0.3 is 11.1 Å². The van der Waals surface area contributed by atoms with Crippen molar-refractivity contribution >= 4 is 11.6 Å². The molecule has 0 aromatic heterocycles. The van der Waals surface area contributed by atoms with Gasteiger partial charge in [-0.1, -0.05) is 26.0 Å². The molecule has 0 aliphatic heterocycles. The van der Waals surface area contributed by atoms with E-state index in [9.17, 15) is 4.79 Å². The van der Waals surface area contributed by atoms with Gasteiger partial charge in [0.15, 0.2) is 0 Å². The molecule has 0 unspecified atom stereocenters. The Hall–Kier alpha value is -1.51. The first kappa shape index (κ1) is 11.5. The van der Waals surface area contributed by atoms with Crippen LogP contribution in [0.3, 0.4) is 0 Å². The highest BCUT2D eigenvalue weighted by molar-refractivity contribution is 5.98. The molecule has 72 valence electrons. The summed E-state index contributed by atoms with van der Waals surface area (Å²) >= 11 is 0. The van der Waals surface area contributed by atoms with Crippen molar-refractivity contribution in [3.63, 3.8) is 0 Å². The van der Waals surface area contributed by atoms with Crippen LogP contribution in [0, 0.1) is 0 Å². The molecular formula is C10H16N2O. The van der Waals surface area contributed by atoms with E-state index in [-0.39, 0.29) is 5.91 Å². The van der Waals surface area contributed by atoms with Gasteiger partial charge in [-0.05, 0) is 12.1 Å². The molecule has 1 rings (SSSR count). The van der Waals surface area contributed by atoms with Crippen LogP contribution < -0.4 is 11.1 Å². The van der Waals surface area contributed by atoms with Crippen LogP contribution in [-0.2, 0) is 0 Å². The lowest BCUT2D eigenvalue weighted by molar-refractivity contribution is 0.0964. The third-order valence-corrected chi connectivity index (χ3v) is 1.43. The average Bonchev–Trinajstić information content (AvgIpc) is 2.20. The number of nitrogens with two attached hydrogens (primary N) is 1. The molecule has 3 nitrogen and oxygen atoms in total. The normalized spacial score (nSPS) is 8.23. The maximum Gasteiger partial charge on any atom is 0.253 e. The van der Waals surface area contributed by atoms with E-state index >= 15 is 0 Å². The fourth-order valence-corrected chi connectivity index (χ4v) is 0.838. The Kier molecular flexibility index (Phi) is 5.35. The molecular weight excluding hydrogens is 164 g/mol. The van der Waals surface area contributed by atoms with Crippen molar-refractivity contribution in [3.05, 3.63) is 29.8 Å². The number of carbonyl (C=O) groups is 1. The van der Waals surface area contributed by atoms with E-state index in [1.54, 1.807) is 31.3 Å². The summed E-state index contributed by atoms with van der Waals surface area (Å²) in [5.41, 5.74) is 6.57. The third kappa shape index (κ3) is 3.15. The Morgan fingerprint density at radius 2 is 1.85 bits per heavy atom. The molecule has 0 heterocycles. The van der Waals surface area contributed by atoms with Gasteiger partial charge in [-0.25, -0.2) is 0 Å². The Bertz CT molecular complexity index is 271. The first-order chi connectivity index (χ1) is 6.25. The zero-order valence-corrected chi connectivity index (χ0v) is 8.29. The second-order valence-electron chi connectivity index (χ2n) is 2.17. The van der Waals surface area contributed by atoms with Crippen LogP contribution in [0.1, 0.15) is 24.2 Å². The number of amides is 1. The lowest BCUT2D eigenvalue weighted by Gasteiger charge is -2.01. The molecule has 0 saturated heterocycles. The quantitative estimate of drug-likeness (QED) is 0.646. The topological polar surface area (TPSA) is 55.1 Å². The van der Waals surface area contributed by atoms with Crippen LogP contribution in [0.2, 0.25) is 0 Å². The van der Waals surface area contributed by atoms with Gasteiger partial charge in [0.1, 0.15) is 0 Å². The van der Waals surface area contributed by atoms with Crippen molar-refractivity contribution in [2.24, 2.45) is 0 Å². The largest absolute Gasteiger partial charge is 0.398 e. The van der Waals surface area contributed by atoms with Gasteiger partial charge in [-0.3, -0.25) is 4.79 Å². The molecule has 0 atom stereocenters. The van der Waals surface area contributed by atoms with E-state index in [0.717, 1.165) is 0 Å².